The second-order valence-corrected chi connectivity index (χ2v) is 9.78. The predicted octanol–water partition coefficient (Wildman–Crippen LogP) is 4.08. The second-order valence-electron chi connectivity index (χ2n) is 7.99. The van der Waals surface area contributed by atoms with Crippen molar-refractivity contribution in [2.24, 2.45) is 0 Å². The summed E-state index contributed by atoms with van der Waals surface area (Å²) in [6.07, 6.45) is 9.05. The van der Waals surface area contributed by atoms with Gasteiger partial charge in [-0.1, -0.05) is 30.4 Å². The second kappa shape index (κ2) is 10.6. The van der Waals surface area contributed by atoms with Gasteiger partial charge in [0, 0.05) is 12.4 Å². The first-order valence-corrected chi connectivity index (χ1v) is 12.5. The molecule has 0 aliphatic carbocycles. The van der Waals surface area contributed by atoms with Gasteiger partial charge < -0.3 is 4.74 Å². The third kappa shape index (κ3) is 5.35. The molecule has 176 valence electrons. The van der Waals surface area contributed by atoms with Crippen LogP contribution in [0, 0.1) is 0 Å². The van der Waals surface area contributed by atoms with Crippen molar-refractivity contribution in [2.75, 3.05) is 31.0 Å². The van der Waals surface area contributed by atoms with E-state index in [1.807, 2.05) is 35.3 Å². The SMILES string of the molecule is COc1ccc(S(=O)(=O)N(C(=O)CN2CCCC2)c2ccccc2/C=C/c2ccncc2)cc1. The first-order valence-electron chi connectivity index (χ1n) is 11.1. The van der Waals surface area contributed by atoms with Crippen LogP contribution < -0.4 is 9.04 Å². The van der Waals surface area contributed by atoms with Crippen molar-refractivity contribution in [1.29, 1.82) is 0 Å². The number of likely N-dealkylation sites (tertiary alicyclic amines) is 1. The van der Waals surface area contributed by atoms with Crippen molar-refractivity contribution in [1.82, 2.24) is 9.88 Å². The number of benzene rings is 2. The summed E-state index contributed by atoms with van der Waals surface area (Å²) in [6.45, 7) is 1.61. The number of sulfonamides is 1. The maximum atomic E-state index is 13.8. The minimum absolute atomic E-state index is 0.0241. The van der Waals surface area contributed by atoms with Gasteiger partial charge in [0.15, 0.2) is 0 Å². The van der Waals surface area contributed by atoms with Crippen LogP contribution in [-0.2, 0) is 14.8 Å². The van der Waals surface area contributed by atoms with Crippen molar-refractivity contribution in [3.8, 4) is 5.75 Å². The molecule has 1 aliphatic heterocycles. The molecule has 7 nitrogen and oxygen atoms in total. The van der Waals surface area contributed by atoms with Gasteiger partial charge in [-0.15, -0.1) is 0 Å². The number of aromatic nitrogens is 1. The molecule has 0 atom stereocenters. The van der Waals surface area contributed by atoms with E-state index in [9.17, 15) is 13.2 Å². The highest BCUT2D eigenvalue weighted by Crippen LogP contribution is 2.30. The van der Waals surface area contributed by atoms with Crippen LogP contribution >= 0.6 is 0 Å². The standard InChI is InChI=1S/C26H27N3O4S/c1-33-23-10-12-24(13-11-23)34(31,32)29(26(30)20-28-18-4-5-19-28)25-7-3-2-6-22(25)9-8-21-14-16-27-17-15-21/h2-3,6-17H,4-5,18-20H2,1H3/b9-8+. The van der Waals surface area contributed by atoms with E-state index < -0.39 is 15.9 Å². The molecule has 2 aromatic carbocycles. The minimum atomic E-state index is -4.17. The van der Waals surface area contributed by atoms with E-state index in [0.717, 1.165) is 35.8 Å². The predicted molar refractivity (Wildman–Crippen MR) is 133 cm³/mol. The van der Waals surface area contributed by atoms with Crippen molar-refractivity contribution in [2.45, 2.75) is 17.7 Å². The van der Waals surface area contributed by atoms with Crippen LogP contribution in [0.1, 0.15) is 24.0 Å². The Morgan fingerprint density at radius 1 is 1.00 bits per heavy atom. The molecule has 1 aliphatic rings. The van der Waals surface area contributed by atoms with E-state index in [2.05, 4.69) is 4.98 Å². The molecule has 0 N–H and O–H groups in total. The minimum Gasteiger partial charge on any atom is -0.497 e. The highest BCUT2D eigenvalue weighted by Gasteiger charge is 2.33. The average Bonchev–Trinajstić information content (AvgIpc) is 3.37. The number of hydrogen-bond acceptors (Lipinski definition) is 6. The number of amides is 1. The van der Waals surface area contributed by atoms with Crippen LogP contribution in [0.4, 0.5) is 5.69 Å². The average molecular weight is 478 g/mol. The number of para-hydroxylation sites is 1. The third-order valence-electron chi connectivity index (χ3n) is 5.70. The Bertz CT molecular complexity index is 1250. The molecule has 8 heteroatoms. The van der Waals surface area contributed by atoms with Gasteiger partial charge in [-0.05, 0) is 79.5 Å². The van der Waals surface area contributed by atoms with Crippen molar-refractivity contribution in [3.63, 3.8) is 0 Å². The van der Waals surface area contributed by atoms with Crippen LogP contribution in [0.3, 0.4) is 0 Å². The molecular formula is C26H27N3O4S. The molecule has 1 aromatic heterocycles. The number of rotatable bonds is 8. The van der Waals surface area contributed by atoms with Gasteiger partial charge in [-0.3, -0.25) is 14.7 Å². The zero-order valence-corrected chi connectivity index (χ0v) is 19.8. The molecule has 1 fully saturated rings. The number of methoxy groups -OCH3 is 1. The molecule has 2 heterocycles. The van der Waals surface area contributed by atoms with Crippen LogP contribution in [0.15, 0.2) is 78.0 Å². The van der Waals surface area contributed by atoms with Gasteiger partial charge in [0.2, 0.25) is 0 Å². The van der Waals surface area contributed by atoms with Crippen molar-refractivity contribution in [3.05, 3.63) is 84.2 Å². The summed E-state index contributed by atoms with van der Waals surface area (Å²) in [5.41, 5.74) is 1.84. The molecule has 0 radical (unpaired) electrons. The molecule has 3 aromatic rings. The quantitative estimate of drug-likeness (QED) is 0.486. The van der Waals surface area contributed by atoms with E-state index in [-0.39, 0.29) is 11.4 Å². The Labute approximate surface area is 200 Å². The first-order chi connectivity index (χ1) is 16.5. The van der Waals surface area contributed by atoms with Gasteiger partial charge in [0.05, 0.1) is 24.2 Å². The monoisotopic (exact) mass is 477 g/mol. The summed E-state index contributed by atoms with van der Waals surface area (Å²) in [5.74, 6) is 0.0528. The number of ether oxygens (including phenoxy) is 1. The van der Waals surface area contributed by atoms with Gasteiger partial charge in [0.25, 0.3) is 15.9 Å². The van der Waals surface area contributed by atoms with Crippen LogP contribution in [0.5, 0.6) is 5.75 Å². The summed E-state index contributed by atoms with van der Waals surface area (Å²) < 4.78 is 33.7. The molecule has 1 saturated heterocycles. The number of carbonyl (C=O) groups excluding carboxylic acids is 1. The van der Waals surface area contributed by atoms with Crippen molar-refractivity contribution < 1.29 is 17.9 Å². The van der Waals surface area contributed by atoms with Gasteiger partial charge in [-0.25, -0.2) is 12.7 Å². The summed E-state index contributed by atoms with van der Waals surface area (Å²) >= 11 is 0. The Morgan fingerprint density at radius 2 is 1.68 bits per heavy atom. The van der Waals surface area contributed by atoms with E-state index in [4.69, 9.17) is 4.74 Å². The zero-order chi connectivity index (χ0) is 24.0. The molecule has 34 heavy (non-hydrogen) atoms. The van der Waals surface area contributed by atoms with Crippen LogP contribution in [-0.4, -0.2) is 51.0 Å². The fraction of sp³-hybridized carbons (Fsp3) is 0.231. The highest BCUT2D eigenvalue weighted by atomic mass is 32.2. The summed E-state index contributed by atoms with van der Waals surface area (Å²) in [6, 6.07) is 16.8. The molecule has 0 saturated carbocycles. The number of nitrogens with zero attached hydrogens (tertiary/aromatic N) is 3. The maximum Gasteiger partial charge on any atom is 0.270 e. The fourth-order valence-electron chi connectivity index (χ4n) is 3.92. The number of pyridine rings is 1. The van der Waals surface area contributed by atoms with Crippen LogP contribution in [0.2, 0.25) is 0 Å². The summed E-state index contributed by atoms with van der Waals surface area (Å²) in [4.78, 5) is 19.6. The Balaban J connectivity index is 1.76. The molecule has 4 rings (SSSR count). The van der Waals surface area contributed by atoms with Crippen LogP contribution in [0.25, 0.3) is 12.2 Å². The lowest BCUT2D eigenvalue weighted by molar-refractivity contribution is -0.118. The maximum absolute atomic E-state index is 13.8. The lowest BCUT2D eigenvalue weighted by atomic mass is 10.1. The molecular weight excluding hydrogens is 450 g/mol. The Hall–Kier alpha value is -3.49. The normalized spacial score (nSPS) is 14.4. The largest absolute Gasteiger partial charge is 0.497 e. The first kappa shape index (κ1) is 23.7. The Morgan fingerprint density at radius 3 is 2.35 bits per heavy atom. The number of carbonyl (C=O) groups is 1. The summed E-state index contributed by atoms with van der Waals surface area (Å²) in [5, 5.41) is 0. The van der Waals surface area contributed by atoms with Crippen molar-refractivity contribution >= 4 is 33.8 Å². The van der Waals surface area contributed by atoms with E-state index >= 15 is 0 Å². The fourth-order valence-corrected chi connectivity index (χ4v) is 5.36. The third-order valence-corrected chi connectivity index (χ3v) is 7.45. The smallest absolute Gasteiger partial charge is 0.270 e. The van der Waals surface area contributed by atoms with E-state index in [1.165, 1.54) is 19.2 Å². The molecule has 0 unspecified atom stereocenters. The van der Waals surface area contributed by atoms with E-state index in [0.29, 0.717) is 17.0 Å². The lowest BCUT2D eigenvalue weighted by Gasteiger charge is -2.26. The molecule has 1 amide bonds. The molecule has 0 bridgehead atoms. The Kier molecular flexibility index (Phi) is 7.40. The van der Waals surface area contributed by atoms with E-state index in [1.54, 1.807) is 42.7 Å². The van der Waals surface area contributed by atoms with Gasteiger partial charge in [0.1, 0.15) is 5.75 Å². The number of hydrogen-bond donors (Lipinski definition) is 0. The summed E-state index contributed by atoms with van der Waals surface area (Å²) in [7, 11) is -2.65. The lowest BCUT2D eigenvalue weighted by Crippen LogP contribution is -2.43. The zero-order valence-electron chi connectivity index (χ0n) is 19.0. The van der Waals surface area contributed by atoms with Gasteiger partial charge in [-0.2, -0.15) is 0 Å². The molecule has 0 spiro atoms. The topological polar surface area (TPSA) is 79.8 Å². The number of anilines is 1. The van der Waals surface area contributed by atoms with Gasteiger partial charge >= 0.3 is 0 Å². The highest BCUT2D eigenvalue weighted by molar-refractivity contribution is 7.93.